The summed E-state index contributed by atoms with van der Waals surface area (Å²) in [6.07, 6.45) is 0.326. The quantitative estimate of drug-likeness (QED) is 0.435. The molecule has 0 heterocycles. The van der Waals surface area contributed by atoms with Crippen LogP contribution in [0.1, 0.15) is 6.42 Å². The summed E-state index contributed by atoms with van der Waals surface area (Å²) in [5, 5.41) is 8.24. The first-order valence-corrected chi connectivity index (χ1v) is 5.34. The van der Waals surface area contributed by atoms with Gasteiger partial charge in [-0.2, -0.15) is 0 Å². The molecule has 0 rings (SSSR count). The monoisotopic (exact) mass is 221 g/mol. The second kappa shape index (κ2) is 9.35. The lowest BCUT2D eigenvalue weighted by molar-refractivity contribution is 0.225. The van der Waals surface area contributed by atoms with Crippen molar-refractivity contribution in [2.45, 2.75) is 6.42 Å². The highest BCUT2D eigenvalue weighted by atomic mass is 31.2. The van der Waals surface area contributed by atoms with Crippen molar-refractivity contribution in [1.29, 1.82) is 0 Å². The minimum absolute atomic E-state index is 0. The number of aliphatic hydroxyl groups is 1. The van der Waals surface area contributed by atoms with E-state index in [4.69, 9.17) is 10.00 Å². The zero-order valence-corrected chi connectivity index (χ0v) is 8.36. The second-order valence-electron chi connectivity index (χ2n) is 1.54. The zero-order valence-electron chi connectivity index (χ0n) is 6.36. The van der Waals surface area contributed by atoms with E-state index >= 15 is 0 Å². The molecule has 0 radical (unpaired) electrons. The Morgan fingerprint density at radius 2 is 1.92 bits per heavy atom. The maximum atomic E-state index is 10.5. The first-order valence-electron chi connectivity index (χ1n) is 2.85. The Hall–Kier alpha value is 0.260. The highest BCUT2D eigenvalue weighted by Gasteiger charge is 2.01. The molecule has 5 N–H and O–H groups in total. The summed E-state index contributed by atoms with van der Waals surface area (Å²) >= 11 is 0. The molecular weight excluding hydrogens is 208 g/mol. The van der Waals surface area contributed by atoms with Crippen LogP contribution in [-0.4, -0.2) is 23.2 Å². The zero-order chi connectivity index (χ0) is 8.69. The summed E-state index contributed by atoms with van der Waals surface area (Å²) in [6.45, 7) is -0.0209. The second-order valence-corrected chi connectivity index (χ2v) is 3.68. The summed E-state index contributed by atoms with van der Waals surface area (Å²) in [5.41, 5.74) is 0. The third-order valence-electron chi connectivity index (χ3n) is 0.693. The van der Waals surface area contributed by atoms with Crippen molar-refractivity contribution in [2.24, 2.45) is 0 Å². The van der Waals surface area contributed by atoms with E-state index in [1.165, 1.54) is 0 Å². The van der Waals surface area contributed by atoms with Gasteiger partial charge in [0.25, 0.3) is 0 Å². The smallest absolute Gasteiger partial charge is 0.326 e. The lowest BCUT2D eigenvalue weighted by Gasteiger charge is -2.00. The molecule has 0 bridgehead atoms. The van der Waals surface area contributed by atoms with Crippen LogP contribution >= 0.6 is 16.5 Å². The van der Waals surface area contributed by atoms with Gasteiger partial charge in [0.05, 0.1) is 6.61 Å². The van der Waals surface area contributed by atoms with Crippen LogP contribution in [-0.2, 0) is 18.0 Å². The number of aliphatic hydroxyl groups excluding tert-OH is 1. The van der Waals surface area contributed by atoms with Crippen LogP contribution in [0.25, 0.3) is 0 Å². The van der Waals surface area contributed by atoms with E-state index in [-0.39, 0.29) is 19.4 Å². The van der Waals surface area contributed by atoms with E-state index in [2.05, 4.69) is 8.83 Å². The van der Waals surface area contributed by atoms with Gasteiger partial charge in [0.1, 0.15) is 0 Å². The van der Waals surface area contributed by atoms with Gasteiger partial charge in [0.15, 0.2) is 0 Å². The van der Waals surface area contributed by atoms with E-state index in [9.17, 15) is 9.13 Å². The third kappa shape index (κ3) is 10.3. The molecule has 2 atom stereocenters. The molecule has 0 spiro atoms. The summed E-state index contributed by atoms with van der Waals surface area (Å²) in [4.78, 5) is 8.10. The summed E-state index contributed by atoms with van der Waals surface area (Å²) in [6, 6.07) is 0. The molecule has 0 fully saturated rings. The van der Waals surface area contributed by atoms with Crippen LogP contribution in [0.3, 0.4) is 0 Å². The van der Waals surface area contributed by atoms with Crippen LogP contribution in [0, 0.1) is 0 Å². The van der Waals surface area contributed by atoms with Crippen LogP contribution in [0.15, 0.2) is 0 Å². The molecule has 12 heavy (non-hydrogen) atoms. The standard InChI is InChI=1S/C3H10O6P2.H3N/c4-2-1-3-8-11(7)9-10(5)6;/h4,10-11H,1-3H2,(H,5,6);1H3. The molecule has 0 saturated heterocycles. The van der Waals surface area contributed by atoms with Crippen molar-refractivity contribution in [3.8, 4) is 0 Å². The van der Waals surface area contributed by atoms with Gasteiger partial charge in [-0.15, -0.1) is 0 Å². The Labute approximate surface area is 71.2 Å². The molecule has 0 aliphatic heterocycles. The number of rotatable bonds is 6. The molecule has 0 aromatic rings. The van der Waals surface area contributed by atoms with Gasteiger partial charge in [0.2, 0.25) is 0 Å². The van der Waals surface area contributed by atoms with Crippen LogP contribution < -0.4 is 6.15 Å². The maximum absolute atomic E-state index is 10.5. The molecule has 0 amide bonds. The molecule has 2 unspecified atom stereocenters. The summed E-state index contributed by atoms with van der Waals surface area (Å²) < 4.78 is 28.7. The summed E-state index contributed by atoms with van der Waals surface area (Å²) in [7, 11) is -6.02. The van der Waals surface area contributed by atoms with Gasteiger partial charge in [-0.1, -0.05) is 0 Å². The molecular formula is C3H13NO6P2. The van der Waals surface area contributed by atoms with E-state index in [1.54, 1.807) is 0 Å². The molecule has 7 nitrogen and oxygen atoms in total. The first-order chi connectivity index (χ1) is 5.16. The van der Waals surface area contributed by atoms with Gasteiger partial charge in [-0.05, 0) is 6.42 Å². The Morgan fingerprint density at radius 3 is 2.33 bits per heavy atom. The molecule has 0 aromatic heterocycles. The van der Waals surface area contributed by atoms with Crippen LogP contribution in [0.4, 0.5) is 0 Å². The summed E-state index contributed by atoms with van der Waals surface area (Å²) in [5.74, 6) is 0. The largest absolute Gasteiger partial charge is 0.396 e. The highest BCUT2D eigenvalue weighted by Crippen LogP contribution is 2.35. The van der Waals surface area contributed by atoms with Gasteiger partial charge in [0, 0.05) is 6.61 Å². The molecule has 9 heteroatoms. The Kier molecular flexibility index (Phi) is 11.5. The number of hydrogen-bond acceptors (Lipinski definition) is 6. The fourth-order valence-corrected chi connectivity index (χ4v) is 1.44. The Morgan fingerprint density at radius 1 is 1.33 bits per heavy atom. The van der Waals surface area contributed by atoms with Crippen molar-refractivity contribution in [2.75, 3.05) is 13.2 Å². The molecule has 0 aromatic carbocycles. The highest BCUT2D eigenvalue weighted by molar-refractivity contribution is 7.47. The lowest BCUT2D eigenvalue weighted by atomic mass is 10.5. The van der Waals surface area contributed by atoms with Crippen LogP contribution in [0.5, 0.6) is 0 Å². The molecule has 76 valence electrons. The predicted octanol–water partition coefficient (Wildman–Crippen LogP) is 0.336. The van der Waals surface area contributed by atoms with Gasteiger partial charge in [-0.3, -0.25) is 9.13 Å². The average Bonchev–Trinajstić information content (AvgIpc) is 1.86. The van der Waals surface area contributed by atoms with Gasteiger partial charge in [-0.25, -0.2) is 4.31 Å². The minimum atomic E-state index is -3.18. The molecule has 0 saturated carbocycles. The van der Waals surface area contributed by atoms with Crippen molar-refractivity contribution in [3.05, 3.63) is 0 Å². The predicted molar refractivity (Wildman–Crippen MR) is 44.0 cm³/mol. The fraction of sp³-hybridized carbons (Fsp3) is 1.00. The number of hydrogen-bond donors (Lipinski definition) is 3. The molecule has 0 aliphatic rings. The Bertz CT molecular complexity index is 152. The van der Waals surface area contributed by atoms with E-state index in [0.29, 0.717) is 6.42 Å². The van der Waals surface area contributed by atoms with E-state index < -0.39 is 16.5 Å². The maximum Gasteiger partial charge on any atom is 0.326 e. The van der Waals surface area contributed by atoms with Crippen molar-refractivity contribution >= 4 is 16.5 Å². The van der Waals surface area contributed by atoms with Crippen molar-refractivity contribution in [1.82, 2.24) is 6.15 Å². The van der Waals surface area contributed by atoms with Gasteiger partial charge < -0.3 is 20.7 Å². The fourth-order valence-electron chi connectivity index (χ4n) is 0.321. The van der Waals surface area contributed by atoms with Crippen molar-refractivity contribution in [3.63, 3.8) is 0 Å². The SMILES string of the molecule is N.O=[PH](O)O[PH](=O)OCCCO. The molecule has 0 aliphatic carbocycles. The van der Waals surface area contributed by atoms with Crippen molar-refractivity contribution < 1.29 is 28.0 Å². The van der Waals surface area contributed by atoms with Crippen LogP contribution in [0.2, 0.25) is 0 Å². The lowest BCUT2D eigenvalue weighted by Crippen LogP contribution is -1.90. The van der Waals surface area contributed by atoms with Gasteiger partial charge >= 0.3 is 16.5 Å². The third-order valence-corrected chi connectivity index (χ3v) is 2.50. The Balaban J connectivity index is 0. The topological polar surface area (TPSA) is 128 Å². The first kappa shape index (κ1) is 14.8. The van der Waals surface area contributed by atoms with E-state index in [0.717, 1.165) is 0 Å². The normalized spacial score (nSPS) is 14.8. The average molecular weight is 221 g/mol. The minimum Gasteiger partial charge on any atom is -0.396 e. The van der Waals surface area contributed by atoms with E-state index in [1.807, 2.05) is 0 Å².